The van der Waals surface area contributed by atoms with Crippen molar-refractivity contribution in [2.75, 3.05) is 0 Å². The Labute approximate surface area is 142 Å². The summed E-state index contributed by atoms with van der Waals surface area (Å²) < 4.78 is 154. The molecule has 0 saturated carbocycles. The maximum atomic E-state index is 12.9. The second-order valence-electron chi connectivity index (χ2n) is 5.81. The van der Waals surface area contributed by atoms with Crippen molar-refractivity contribution in [3.05, 3.63) is 23.3 Å². The lowest BCUT2D eigenvalue weighted by molar-refractivity contribution is -0.355. The van der Waals surface area contributed by atoms with E-state index in [1.54, 1.807) is 0 Å². The maximum Gasteiger partial charge on any atom is 0.430 e. The van der Waals surface area contributed by atoms with E-state index < -0.39 is 65.5 Å². The van der Waals surface area contributed by atoms with Gasteiger partial charge in [-0.05, 0) is 23.5 Å². The highest BCUT2D eigenvalue weighted by atomic mass is 19.4. The number of alkyl halides is 12. The summed E-state index contributed by atoms with van der Waals surface area (Å²) in [4.78, 5) is 0. The highest BCUT2D eigenvalue weighted by Crippen LogP contribution is 2.54. The predicted octanol–water partition coefficient (Wildman–Crippen LogP) is 4.59. The lowest BCUT2D eigenvalue weighted by atomic mass is 9.75. The molecular weight excluding hydrogens is 416 g/mol. The Hall–Kier alpha value is -1.44. The normalized spacial score (nSPS) is 21.1. The average Bonchev–Trinajstić information content (AvgIpc) is 2.41. The first-order chi connectivity index (χ1) is 11.6. The van der Waals surface area contributed by atoms with Gasteiger partial charge in [0, 0.05) is 0 Å². The maximum absolute atomic E-state index is 12.9. The van der Waals surface area contributed by atoms with E-state index in [-0.39, 0.29) is 6.08 Å². The van der Waals surface area contributed by atoms with E-state index in [4.69, 9.17) is 0 Å². The molecule has 0 amide bonds. The minimum atomic E-state index is -6.52. The molecule has 1 aliphatic rings. The molecule has 1 rings (SSSR count). The lowest BCUT2D eigenvalue weighted by Crippen LogP contribution is -2.61. The first kappa shape index (κ1) is 23.6. The summed E-state index contributed by atoms with van der Waals surface area (Å²) in [7, 11) is 0. The zero-order chi connectivity index (χ0) is 21.9. The second-order valence-corrected chi connectivity index (χ2v) is 5.81. The van der Waals surface area contributed by atoms with Crippen LogP contribution in [0.2, 0.25) is 0 Å². The summed E-state index contributed by atoms with van der Waals surface area (Å²) in [5.41, 5.74) is -15.9. The van der Waals surface area contributed by atoms with Crippen LogP contribution >= 0.6 is 0 Å². The standard InChI is InChI=1S/C13H10F12O2/c1-5-2-3-6(8(26,10(14,15)16)11(17,18)19)4-7(5)9(27,12(20,21)22)13(23,24)25/h3-5,26-27H,2H2,1H3. The van der Waals surface area contributed by atoms with Crippen molar-refractivity contribution in [3.63, 3.8) is 0 Å². The third-order valence-corrected chi connectivity index (χ3v) is 4.01. The number of allylic oxidation sites excluding steroid dienone is 1. The van der Waals surface area contributed by atoms with E-state index in [2.05, 4.69) is 0 Å². The lowest BCUT2D eigenvalue weighted by Gasteiger charge is -2.40. The van der Waals surface area contributed by atoms with Crippen molar-refractivity contribution in [3.8, 4) is 0 Å². The Balaban J connectivity index is 3.78. The highest BCUT2D eigenvalue weighted by Gasteiger charge is 2.75. The third kappa shape index (κ3) is 3.52. The molecule has 0 aromatic carbocycles. The molecule has 0 heterocycles. The molecule has 1 unspecified atom stereocenters. The van der Waals surface area contributed by atoms with Gasteiger partial charge in [-0.2, -0.15) is 52.7 Å². The molecule has 0 aliphatic heterocycles. The first-order valence-corrected chi connectivity index (χ1v) is 6.76. The van der Waals surface area contributed by atoms with Gasteiger partial charge in [0.15, 0.2) is 0 Å². The zero-order valence-corrected chi connectivity index (χ0v) is 12.9. The van der Waals surface area contributed by atoms with E-state index >= 15 is 0 Å². The summed E-state index contributed by atoms with van der Waals surface area (Å²) in [5.74, 6) is -1.94. The summed E-state index contributed by atoms with van der Waals surface area (Å²) in [6, 6.07) is 0. The minimum Gasteiger partial charge on any atom is -0.370 e. The van der Waals surface area contributed by atoms with Gasteiger partial charge in [-0.25, -0.2) is 0 Å². The molecule has 1 atom stereocenters. The molecule has 0 bridgehead atoms. The fourth-order valence-corrected chi connectivity index (χ4v) is 2.49. The quantitative estimate of drug-likeness (QED) is 0.635. The van der Waals surface area contributed by atoms with Crippen molar-refractivity contribution in [2.24, 2.45) is 5.92 Å². The van der Waals surface area contributed by atoms with E-state index in [1.807, 2.05) is 0 Å². The van der Waals surface area contributed by atoms with Crippen LogP contribution < -0.4 is 0 Å². The Bertz CT molecular complexity index is 604. The van der Waals surface area contributed by atoms with Crippen LogP contribution in [0.1, 0.15) is 13.3 Å². The summed E-state index contributed by atoms with van der Waals surface area (Å²) >= 11 is 0. The van der Waals surface area contributed by atoms with Crippen molar-refractivity contribution in [1.82, 2.24) is 0 Å². The van der Waals surface area contributed by atoms with Crippen LogP contribution in [0.15, 0.2) is 23.3 Å². The van der Waals surface area contributed by atoms with Gasteiger partial charge < -0.3 is 10.2 Å². The summed E-state index contributed by atoms with van der Waals surface area (Å²) in [6.45, 7) is 0.627. The molecule has 0 aromatic heterocycles. The third-order valence-electron chi connectivity index (χ3n) is 4.01. The van der Waals surface area contributed by atoms with Gasteiger partial charge in [-0.1, -0.05) is 19.1 Å². The molecule has 0 aromatic rings. The largest absolute Gasteiger partial charge is 0.430 e. The van der Waals surface area contributed by atoms with Crippen LogP contribution in [-0.2, 0) is 0 Å². The van der Waals surface area contributed by atoms with Gasteiger partial charge in [0.2, 0.25) is 0 Å². The molecule has 1 aliphatic carbocycles. The van der Waals surface area contributed by atoms with Crippen LogP contribution in [0.3, 0.4) is 0 Å². The van der Waals surface area contributed by atoms with Crippen LogP contribution in [0.5, 0.6) is 0 Å². The smallest absolute Gasteiger partial charge is 0.370 e. The van der Waals surface area contributed by atoms with Gasteiger partial charge >= 0.3 is 24.7 Å². The molecule has 27 heavy (non-hydrogen) atoms. The molecule has 0 radical (unpaired) electrons. The minimum absolute atomic E-state index is 0.0162. The zero-order valence-electron chi connectivity index (χ0n) is 12.9. The van der Waals surface area contributed by atoms with Crippen LogP contribution in [0, 0.1) is 5.92 Å². The molecule has 14 heteroatoms. The molecule has 0 fully saturated rings. The van der Waals surface area contributed by atoms with Gasteiger partial charge in [0.1, 0.15) is 0 Å². The Morgan fingerprint density at radius 3 is 1.33 bits per heavy atom. The van der Waals surface area contributed by atoms with Crippen molar-refractivity contribution >= 4 is 0 Å². The van der Waals surface area contributed by atoms with Crippen LogP contribution in [0.4, 0.5) is 52.7 Å². The molecule has 158 valence electrons. The molecule has 2 nitrogen and oxygen atoms in total. The van der Waals surface area contributed by atoms with Gasteiger partial charge in [0.25, 0.3) is 11.2 Å². The number of hydrogen-bond donors (Lipinski definition) is 2. The van der Waals surface area contributed by atoms with Crippen molar-refractivity contribution in [2.45, 2.75) is 49.3 Å². The monoisotopic (exact) mass is 426 g/mol. The predicted molar refractivity (Wildman–Crippen MR) is 64.1 cm³/mol. The molecule has 0 saturated heterocycles. The van der Waals surface area contributed by atoms with E-state index in [0.29, 0.717) is 6.92 Å². The van der Waals surface area contributed by atoms with Crippen molar-refractivity contribution in [1.29, 1.82) is 0 Å². The summed E-state index contributed by atoms with van der Waals surface area (Å²) in [5, 5.41) is 18.5. The van der Waals surface area contributed by atoms with Gasteiger partial charge in [-0.3, -0.25) is 0 Å². The number of rotatable bonds is 2. The van der Waals surface area contributed by atoms with E-state index in [0.717, 1.165) is 0 Å². The number of aliphatic hydroxyl groups is 2. The van der Waals surface area contributed by atoms with E-state index in [9.17, 15) is 62.9 Å². The van der Waals surface area contributed by atoms with Gasteiger partial charge in [-0.15, -0.1) is 0 Å². The number of hydrogen-bond acceptors (Lipinski definition) is 2. The fraction of sp³-hybridized carbons (Fsp3) is 0.692. The Kier molecular flexibility index (Phi) is 5.50. The molecular formula is C13H10F12O2. The van der Waals surface area contributed by atoms with E-state index in [1.165, 1.54) is 0 Å². The Morgan fingerprint density at radius 2 is 1.04 bits per heavy atom. The van der Waals surface area contributed by atoms with Crippen LogP contribution in [-0.4, -0.2) is 46.1 Å². The van der Waals surface area contributed by atoms with Crippen LogP contribution in [0.25, 0.3) is 0 Å². The fourth-order valence-electron chi connectivity index (χ4n) is 2.49. The first-order valence-electron chi connectivity index (χ1n) is 6.76. The number of halogens is 12. The molecule has 2 N–H and O–H groups in total. The Morgan fingerprint density at radius 1 is 0.704 bits per heavy atom. The molecule has 0 spiro atoms. The highest BCUT2D eigenvalue weighted by molar-refractivity contribution is 5.43. The van der Waals surface area contributed by atoms with Gasteiger partial charge in [0.05, 0.1) is 0 Å². The second kappa shape index (κ2) is 6.29. The topological polar surface area (TPSA) is 40.5 Å². The SMILES string of the molecule is CC1CC=C(C(O)(C(F)(F)F)C(F)(F)F)C=C1C(O)(C(F)(F)F)C(F)(F)F. The average molecular weight is 426 g/mol. The summed E-state index contributed by atoms with van der Waals surface area (Å²) in [6.07, 6.45) is -28.0. The van der Waals surface area contributed by atoms with Crippen molar-refractivity contribution < 1.29 is 62.9 Å².